The van der Waals surface area contributed by atoms with Gasteiger partial charge in [-0.05, 0) is 44.1 Å². The normalized spacial score (nSPS) is 33.4. The minimum Gasteiger partial charge on any atom is -0.374 e. The summed E-state index contributed by atoms with van der Waals surface area (Å²) in [6.07, 6.45) is 7.46. The molecule has 0 amide bonds. The molecule has 0 aromatic carbocycles. The molecule has 1 saturated carbocycles. The van der Waals surface area contributed by atoms with Crippen LogP contribution in [0.3, 0.4) is 0 Å². The van der Waals surface area contributed by atoms with Gasteiger partial charge in [0.2, 0.25) is 0 Å². The van der Waals surface area contributed by atoms with Crippen LogP contribution in [0.15, 0.2) is 0 Å². The SMILES string of the molecule is CC1(C)CCC(O[C@@H]2CCNC2)CC1. The van der Waals surface area contributed by atoms with E-state index in [0.29, 0.717) is 17.6 Å². The molecule has 0 spiro atoms. The molecule has 0 bridgehead atoms. The van der Waals surface area contributed by atoms with Gasteiger partial charge in [0.1, 0.15) is 0 Å². The Morgan fingerprint density at radius 2 is 1.79 bits per heavy atom. The lowest BCUT2D eigenvalue weighted by Gasteiger charge is -2.35. The second kappa shape index (κ2) is 4.19. The van der Waals surface area contributed by atoms with Crippen molar-refractivity contribution in [3.8, 4) is 0 Å². The van der Waals surface area contributed by atoms with Crippen molar-refractivity contribution in [2.24, 2.45) is 5.41 Å². The third kappa shape index (κ3) is 2.71. The molecule has 1 atom stereocenters. The molecule has 0 aromatic rings. The van der Waals surface area contributed by atoms with Gasteiger partial charge in [-0.3, -0.25) is 0 Å². The van der Waals surface area contributed by atoms with Crippen LogP contribution >= 0.6 is 0 Å². The maximum absolute atomic E-state index is 6.08. The van der Waals surface area contributed by atoms with Crippen LogP contribution in [0.1, 0.15) is 46.0 Å². The van der Waals surface area contributed by atoms with E-state index < -0.39 is 0 Å². The number of rotatable bonds is 2. The lowest BCUT2D eigenvalue weighted by Crippen LogP contribution is -2.30. The van der Waals surface area contributed by atoms with Gasteiger partial charge in [-0.25, -0.2) is 0 Å². The van der Waals surface area contributed by atoms with E-state index in [9.17, 15) is 0 Å². The number of ether oxygens (including phenoxy) is 1. The highest BCUT2D eigenvalue weighted by atomic mass is 16.5. The van der Waals surface area contributed by atoms with E-state index >= 15 is 0 Å². The van der Waals surface area contributed by atoms with Gasteiger partial charge >= 0.3 is 0 Å². The standard InChI is InChI=1S/C12H23NO/c1-12(2)6-3-10(4-7-12)14-11-5-8-13-9-11/h10-11,13H,3-9H2,1-2H3/t11-/m1/s1. The van der Waals surface area contributed by atoms with Crippen molar-refractivity contribution < 1.29 is 4.74 Å². The Morgan fingerprint density at radius 3 is 2.36 bits per heavy atom. The highest BCUT2D eigenvalue weighted by molar-refractivity contribution is 4.81. The van der Waals surface area contributed by atoms with Crippen molar-refractivity contribution in [2.45, 2.75) is 58.2 Å². The van der Waals surface area contributed by atoms with Crippen LogP contribution in [0.25, 0.3) is 0 Å². The molecule has 2 heteroatoms. The predicted octanol–water partition coefficient (Wildman–Crippen LogP) is 2.33. The molecule has 2 rings (SSSR count). The van der Waals surface area contributed by atoms with Gasteiger partial charge in [0.25, 0.3) is 0 Å². The fourth-order valence-corrected chi connectivity index (χ4v) is 2.53. The number of hydrogen-bond acceptors (Lipinski definition) is 2. The van der Waals surface area contributed by atoms with Crippen molar-refractivity contribution >= 4 is 0 Å². The predicted molar refractivity (Wildman–Crippen MR) is 58.4 cm³/mol. The zero-order valence-electron chi connectivity index (χ0n) is 9.51. The van der Waals surface area contributed by atoms with Crippen LogP contribution < -0.4 is 5.32 Å². The molecule has 14 heavy (non-hydrogen) atoms. The Morgan fingerprint density at radius 1 is 1.07 bits per heavy atom. The lowest BCUT2D eigenvalue weighted by atomic mass is 9.76. The Hall–Kier alpha value is -0.0800. The van der Waals surface area contributed by atoms with Crippen molar-refractivity contribution in [1.82, 2.24) is 5.32 Å². The summed E-state index contributed by atoms with van der Waals surface area (Å²) in [5.74, 6) is 0. The fourth-order valence-electron chi connectivity index (χ4n) is 2.53. The topological polar surface area (TPSA) is 21.3 Å². The number of hydrogen-bond donors (Lipinski definition) is 1. The Bertz CT molecular complexity index is 175. The number of nitrogens with one attached hydrogen (secondary N) is 1. The second-order valence-electron chi connectivity index (χ2n) is 5.61. The smallest absolute Gasteiger partial charge is 0.0715 e. The first-order chi connectivity index (χ1) is 6.66. The second-order valence-corrected chi connectivity index (χ2v) is 5.61. The highest BCUT2D eigenvalue weighted by Gasteiger charge is 2.29. The van der Waals surface area contributed by atoms with Crippen LogP contribution in [0.5, 0.6) is 0 Å². The maximum Gasteiger partial charge on any atom is 0.0715 e. The molecular formula is C12H23NO. The molecule has 1 aliphatic carbocycles. The van der Waals surface area contributed by atoms with E-state index in [1.165, 1.54) is 32.1 Å². The van der Waals surface area contributed by atoms with Gasteiger partial charge in [-0.1, -0.05) is 13.8 Å². The Balaban J connectivity index is 1.72. The molecule has 2 fully saturated rings. The molecule has 1 aliphatic heterocycles. The molecule has 0 radical (unpaired) electrons. The molecule has 0 unspecified atom stereocenters. The summed E-state index contributed by atoms with van der Waals surface area (Å²) >= 11 is 0. The summed E-state index contributed by atoms with van der Waals surface area (Å²) in [7, 11) is 0. The minimum absolute atomic E-state index is 0.501. The average Bonchev–Trinajstić information content (AvgIpc) is 2.61. The monoisotopic (exact) mass is 197 g/mol. The third-order valence-electron chi connectivity index (χ3n) is 3.69. The van der Waals surface area contributed by atoms with Crippen molar-refractivity contribution in [2.75, 3.05) is 13.1 Å². The molecule has 2 aliphatic rings. The Kier molecular flexibility index (Phi) is 3.13. The average molecular weight is 197 g/mol. The van der Waals surface area contributed by atoms with Gasteiger partial charge in [0.15, 0.2) is 0 Å². The van der Waals surface area contributed by atoms with Gasteiger partial charge < -0.3 is 10.1 Å². The van der Waals surface area contributed by atoms with Crippen molar-refractivity contribution in [1.29, 1.82) is 0 Å². The minimum atomic E-state index is 0.501. The molecule has 1 saturated heterocycles. The molecule has 82 valence electrons. The molecule has 1 N–H and O–H groups in total. The van der Waals surface area contributed by atoms with E-state index in [-0.39, 0.29) is 0 Å². The van der Waals surface area contributed by atoms with Crippen LogP contribution in [0.4, 0.5) is 0 Å². The van der Waals surface area contributed by atoms with Crippen molar-refractivity contribution in [3.63, 3.8) is 0 Å². The fraction of sp³-hybridized carbons (Fsp3) is 1.00. The summed E-state index contributed by atoms with van der Waals surface area (Å²) < 4.78 is 6.08. The summed E-state index contributed by atoms with van der Waals surface area (Å²) in [5, 5.41) is 3.35. The molecule has 2 nitrogen and oxygen atoms in total. The maximum atomic E-state index is 6.08. The van der Waals surface area contributed by atoms with Crippen LogP contribution in [-0.2, 0) is 4.74 Å². The molecule has 0 aromatic heterocycles. The first-order valence-electron chi connectivity index (χ1n) is 6.02. The largest absolute Gasteiger partial charge is 0.374 e. The van der Waals surface area contributed by atoms with Gasteiger partial charge in [-0.15, -0.1) is 0 Å². The summed E-state index contributed by atoms with van der Waals surface area (Å²) in [6, 6.07) is 0. The summed E-state index contributed by atoms with van der Waals surface area (Å²) in [6.45, 7) is 6.96. The Labute approximate surface area is 87.4 Å². The highest BCUT2D eigenvalue weighted by Crippen LogP contribution is 2.36. The summed E-state index contributed by atoms with van der Waals surface area (Å²) in [5.41, 5.74) is 0.563. The van der Waals surface area contributed by atoms with E-state index in [1.807, 2.05) is 0 Å². The van der Waals surface area contributed by atoms with E-state index in [2.05, 4.69) is 19.2 Å². The van der Waals surface area contributed by atoms with E-state index in [1.54, 1.807) is 0 Å². The first-order valence-corrected chi connectivity index (χ1v) is 6.02. The summed E-state index contributed by atoms with van der Waals surface area (Å²) in [4.78, 5) is 0. The third-order valence-corrected chi connectivity index (χ3v) is 3.69. The quantitative estimate of drug-likeness (QED) is 0.733. The lowest BCUT2D eigenvalue weighted by molar-refractivity contribution is -0.0364. The molecular weight excluding hydrogens is 174 g/mol. The van der Waals surface area contributed by atoms with Gasteiger partial charge in [-0.2, -0.15) is 0 Å². The zero-order valence-corrected chi connectivity index (χ0v) is 9.51. The van der Waals surface area contributed by atoms with Crippen LogP contribution in [0.2, 0.25) is 0 Å². The zero-order chi connectivity index (χ0) is 10.0. The van der Waals surface area contributed by atoms with E-state index in [0.717, 1.165) is 13.1 Å². The van der Waals surface area contributed by atoms with Gasteiger partial charge in [0, 0.05) is 6.54 Å². The van der Waals surface area contributed by atoms with Crippen molar-refractivity contribution in [3.05, 3.63) is 0 Å². The van der Waals surface area contributed by atoms with E-state index in [4.69, 9.17) is 4.74 Å². The first kappa shape index (κ1) is 10.4. The van der Waals surface area contributed by atoms with Crippen LogP contribution in [-0.4, -0.2) is 25.3 Å². The molecule has 1 heterocycles. The van der Waals surface area contributed by atoms with Gasteiger partial charge in [0.05, 0.1) is 12.2 Å². The van der Waals surface area contributed by atoms with Crippen LogP contribution in [0, 0.1) is 5.41 Å².